The van der Waals surface area contributed by atoms with Gasteiger partial charge in [0, 0.05) is 0 Å². The number of rotatable bonds is 6. The molecule has 0 amide bonds. The van der Waals surface area contributed by atoms with Crippen molar-refractivity contribution in [1.29, 1.82) is 0 Å². The molecule has 0 aliphatic heterocycles. The van der Waals surface area contributed by atoms with Crippen molar-refractivity contribution in [3.8, 4) is 0 Å². The maximum Gasteiger partial charge on any atom is 0.325 e. The predicted octanol–water partition coefficient (Wildman–Crippen LogP) is 3.02. The summed E-state index contributed by atoms with van der Waals surface area (Å²) in [5, 5.41) is 0. The third kappa shape index (κ3) is 9.86. The molecule has 0 aromatic rings. The molecule has 0 heterocycles. The van der Waals surface area contributed by atoms with Crippen molar-refractivity contribution in [3.05, 3.63) is 0 Å². The lowest BCUT2D eigenvalue weighted by atomic mass is 9.86. The van der Waals surface area contributed by atoms with Crippen molar-refractivity contribution in [2.45, 2.75) is 40.5 Å². The van der Waals surface area contributed by atoms with Gasteiger partial charge in [-0.3, -0.25) is 4.79 Å². The van der Waals surface area contributed by atoms with E-state index in [1.807, 2.05) is 0 Å². The van der Waals surface area contributed by atoms with Gasteiger partial charge in [-0.2, -0.15) is 0 Å². The van der Waals surface area contributed by atoms with Crippen LogP contribution in [0.15, 0.2) is 0 Å². The SMILES string of the molecule is CC(COC(=O)CC[PH+]=O)CC(C)(C)C. The molecule has 0 N–H and O–H groups in total. The van der Waals surface area contributed by atoms with E-state index in [0.29, 0.717) is 18.7 Å². The van der Waals surface area contributed by atoms with Gasteiger partial charge in [0.2, 0.25) is 0 Å². The number of carbonyl (C=O) groups is 1. The van der Waals surface area contributed by atoms with E-state index < -0.39 is 8.46 Å². The van der Waals surface area contributed by atoms with Gasteiger partial charge in [0.05, 0.1) is 13.0 Å². The molecular formula is C11H22O3P+. The number of ether oxygens (including phenoxy) is 1. The fourth-order valence-corrected chi connectivity index (χ4v) is 1.87. The molecule has 0 aromatic heterocycles. The zero-order valence-electron chi connectivity index (χ0n) is 10.1. The number of hydrogen-bond donors (Lipinski definition) is 0. The van der Waals surface area contributed by atoms with Gasteiger partial charge in [0.1, 0.15) is 0 Å². The molecule has 15 heavy (non-hydrogen) atoms. The third-order valence-corrected chi connectivity index (χ3v) is 2.37. The molecule has 3 nitrogen and oxygen atoms in total. The molecule has 0 saturated heterocycles. The molecule has 2 unspecified atom stereocenters. The molecule has 4 heteroatoms. The highest BCUT2D eigenvalue weighted by Gasteiger charge is 2.16. The van der Waals surface area contributed by atoms with E-state index in [-0.39, 0.29) is 17.8 Å². The molecular weight excluding hydrogens is 211 g/mol. The van der Waals surface area contributed by atoms with Crippen LogP contribution >= 0.6 is 8.46 Å². The second-order valence-electron chi connectivity index (χ2n) is 5.20. The Labute approximate surface area is 93.8 Å². The summed E-state index contributed by atoms with van der Waals surface area (Å²) in [4.78, 5) is 11.1. The lowest BCUT2D eigenvalue weighted by Gasteiger charge is -2.22. The Balaban J connectivity index is 3.66. The fraction of sp³-hybridized carbons (Fsp3) is 0.909. The van der Waals surface area contributed by atoms with Crippen LogP contribution in [0.5, 0.6) is 0 Å². The highest BCUT2D eigenvalue weighted by Crippen LogP contribution is 2.24. The van der Waals surface area contributed by atoms with E-state index in [1.165, 1.54) is 0 Å². The van der Waals surface area contributed by atoms with Gasteiger partial charge >= 0.3 is 14.4 Å². The zero-order chi connectivity index (χ0) is 11.9. The standard InChI is InChI=1S/C11H21O3P/c1-9(7-11(2,3)4)8-14-10(12)5-6-15-13/h9H,5-8H2,1-4H3/p+1. The summed E-state index contributed by atoms with van der Waals surface area (Å²) < 4.78 is 15.3. The summed E-state index contributed by atoms with van der Waals surface area (Å²) in [6.45, 7) is 9.06. The minimum Gasteiger partial charge on any atom is -0.465 e. The molecule has 0 rings (SSSR count). The van der Waals surface area contributed by atoms with E-state index in [9.17, 15) is 9.36 Å². The maximum atomic E-state index is 11.1. The van der Waals surface area contributed by atoms with Crippen molar-refractivity contribution >= 4 is 14.4 Å². The van der Waals surface area contributed by atoms with Crippen molar-refractivity contribution in [2.24, 2.45) is 11.3 Å². The van der Waals surface area contributed by atoms with Crippen molar-refractivity contribution < 1.29 is 14.1 Å². The summed E-state index contributed by atoms with van der Waals surface area (Å²) in [5.74, 6) is 0.141. The Morgan fingerprint density at radius 2 is 2.00 bits per heavy atom. The van der Waals surface area contributed by atoms with Gasteiger partial charge in [-0.15, -0.1) is 0 Å². The average molecular weight is 233 g/mol. The molecule has 0 fully saturated rings. The fourth-order valence-electron chi connectivity index (χ4n) is 1.56. The first-order valence-corrected chi connectivity index (χ1v) is 6.47. The Morgan fingerprint density at radius 1 is 1.40 bits per heavy atom. The topological polar surface area (TPSA) is 43.4 Å². The molecule has 0 aliphatic rings. The van der Waals surface area contributed by atoms with Gasteiger partial charge in [0.25, 0.3) is 0 Å². The van der Waals surface area contributed by atoms with Crippen molar-refractivity contribution in [1.82, 2.24) is 0 Å². The minimum atomic E-state index is -0.410. The Kier molecular flexibility index (Phi) is 6.75. The summed E-state index contributed by atoms with van der Waals surface area (Å²) in [7, 11) is -0.410. The summed E-state index contributed by atoms with van der Waals surface area (Å²) >= 11 is 0. The normalized spacial score (nSPS) is 13.9. The van der Waals surface area contributed by atoms with Crippen LogP contribution in [0.4, 0.5) is 0 Å². The summed E-state index contributed by atoms with van der Waals surface area (Å²) in [6.07, 6.45) is 1.71. The number of esters is 1. The van der Waals surface area contributed by atoms with Gasteiger partial charge in [0.15, 0.2) is 6.16 Å². The lowest BCUT2D eigenvalue weighted by Crippen LogP contribution is -2.17. The zero-order valence-corrected chi connectivity index (χ0v) is 11.1. The van der Waals surface area contributed by atoms with Crippen LogP contribution in [0.2, 0.25) is 0 Å². The van der Waals surface area contributed by atoms with E-state index in [4.69, 9.17) is 4.74 Å². The summed E-state index contributed by atoms with van der Waals surface area (Å²) in [6, 6.07) is 0. The van der Waals surface area contributed by atoms with Gasteiger partial charge in [-0.05, 0) is 17.8 Å². The van der Waals surface area contributed by atoms with Crippen LogP contribution < -0.4 is 0 Å². The van der Waals surface area contributed by atoms with Gasteiger partial charge in [-0.1, -0.05) is 32.3 Å². The highest BCUT2D eigenvalue weighted by atomic mass is 31.1. The third-order valence-electron chi connectivity index (χ3n) is 1.92. The first kappa shape index (κ1) is 14.6. The number of carbonyl (C=O) groups excluding carboxylic acids is 1. The largest absolute Gasteiger partial charge is 0.465 e. The van der Waals surface area contributed by atoms with E-state index in [0.717, 1.165) is 6.42 Å². The minimum absolute atomic E-state index is 0.237. The van der Waals surface area contributed by atoms with Crippen LogP contribution in [0.25, 0.3) is 0 Å². The van der Waals surface area contributed by atoms with Crippen LogP contribution in [-0.4, -0.2) is 18.7 Å². The van der Waals surface area contributed by atoms with Crippen molar-refractivity contribution in [2.75, 3.05) is 12.8 Å². The van der Waals surface area contributed by atoms with Crippen LogP contribution in [-0.2, 0) is 14.1 Å². The molecule has 2 atom stereocenters. The highest BCUT2D eigenvalue weighted by molar-refractivity contribution is 7.23. The monoisotopic (exact) mass is 233 g/mol. The Hall–Kier alpha value is -0.430. The summed E-state index contributed by atoms with van der Waals surface area (Å²) in [5.41, 5.74) is 0.266. The quantitative estimate of drug-likeness (QED) is 0.523. The molecule has 0 spiro atoms. The van der Waals surface area contributed by atoms with Crippen LogP contribution in [0, 0.1) is 11.3 Å². The average Bonchev–Trinajstić information content (AvgIpc) is 2.08. The van der Waals surface area contributed by atoms with E-state index in [1.54, 1.807) is 0 Å². The number of hydrogen-bond acceptors (Lipinski definition) is 3. The Morgan fingerprint density at radius 3 is 2.47 bits per heavy atom. The van der Waals surface area contributed by atoms with Gasteiger partial charge < -0.3 is 4.74 Å². The van der Waals surface area contributed by atoms with E-state index in [2.05, 4.69) is 27.7 Å². The molecule has 0 aromatic carbocycles. The smallest absolute Gasteiger partial charge is 0.325 e. The maximum absolute atomic E-state index is 11.1. The predicted molar refractivity (Wildman–Crippen MR) is 62.7 cm³/mol. The second-order valence-corrected chi connectivity index (χ2v) is 5.99. The molecule has 88 valence electrons. The molecule has 0 saturated carbocycles. The molecule has 0 aliphatic carbocycles. The van der Waals surface area contributed by atoms with Crippen LogP contribution in [0.3, 0.4) is 0 Å². The first-order chi connectivity index (χ1) is 6.85. The first-order valence-electron chi connectivity index (χ1n) is 5.36. The van der Waals surface area contributed by atoms with Gasteiger partial charge in [-0.25, -0.2) is 0 Å². The van der Waals surface area contributed by atoms with E-state index >= 15 is 0 Å². The lowest BCUT2D eigenvalue weighted by molar-refractivity contribution is -0.144. The second kappa shape index (κ2) is 6.95. The molecule has 0 bridgehead atoms. The molecule has 0 radical (unpaired) electrons. The Bertz CT molecular complexity index is 208. The van der Waals surface area contributed by atoms with Crippen LogP contribution in [0.1, 0.15) is 40.5 Å². The van der Waals surface area contributed by atoms with Crippen molar-refractivity contribution in [3.63, 3.8) is 0 Å².